The first kappa shape index (κ1) is 14.2. The van der Waals surface area contributed by atoms with E-state index in [2.05, 4.69) is 52.8 Å². The summed E-state index contributed by atoms with van der Waals surface area (Å²) in [5, 5.41) is 0. The van der Waals surface area contributed by atoms with Crippen LogP contribution in [0.2, 0.25) is 0 Å². The zero-order valence-corrected chi connectivity index (χ0v) is 11.9. The van der Waals surface area contributed by atoms with E-state index in [-0.39, 0.29) is 0 Å². The van der Waals surface area contributed by atoms with Gasteiger partial charge in [-0.25, -0.2) is 0 Å². The van der Waals surface area contributed by atoms with E-state index in [0.717, 1.165) is 19.6 Å². The lowest BCUT2D eigenvalue weighted by atomic mass is 9.92. The fourth-order valence-electron chi connectivity index (χ4n) is 1.97. The van der Waals surface area contributed by atoms with Crippen LogP contribution in [0.25, 0.3) is 0 Å². The molecule has 0 saturated carbocycles. The molecule has 0 spiro atoms. The van der Waals surface area contributed by atoms with Gasteiger partial charge in [-0.05, 0) is 34.9 Å². The normalized spacial score (nSPS) is 11.5. The SMILES string of the molecule is CCCOCc1ccc(C(C)C)cc1C(C)C. The lowest BCUT2D eigenvalue weighted by Gasteiger charge is -2.16. The summed E-state index contributed by atoms with van der Waals surface area (Å²) in [4.78, 5) is 0. The van der Waals surface area contributed by atoms with Crippen LogP contribution in [0.4, 0.5) is 0 Å². The van der Waals surface area contributed by atoms with Crippen molar-refractivity contribution in [3.63, 3.8) is 0 Å². The second kappa shape index (κ2) is 6.80. The van der Waals surface area contributed by atoms with Crippen LogP contribution in [0.1, 0.15) is 69.6 Å². The molecule has 1 heteroatoms. The second-order valence-electron chi connectivity index (χ2n) is 5.32. The Labute approximate surface area is 106 Å². The molecule has 96 valence electrons. The molecule has 0 bridgehead atoms. The third kappa shape index (κ3) is 4.16. The van der Waals surface area contributed by atoms with Crippen molar-refractivity contribution in [2.75, 3.05) is 6.61 Å². The largest absolute Gasteiger partial charge is 0.377 e. The number of benzene rings is 1. The third-order valence-electron chi connectivity index (χ3n) is 3.06. The monoisotopic (exact) mass is 234 g/mol. The van der Waals surface area contributed by atoms with Crippen molar-refractivity contribution < 1.29 is 4.74 Å². The van der Waals surface area contributed by atoms with E-state index < -0.39 is 0 Å². The molecular weight excluding hydrogens is 208 g/mol. The van der Waals surface area contributed by atoms with Crippen molar-refractivity contribution in [2.24, 2.45) is 0 Å². The minimum atomic E-state index is 0.564. The molecule has 17 heavy (non-hydrogen) atoms. The topological polar surface area (TPSA) is 9.23 Å². The molecule has 0 radical (unpaired) electrons. The van der Waals surface area contributed by atoms with Crippen LogP contribution in [0.3, 0.4) is 0 Å². The average Bonchev–Trinajstić information content (AvgIpc) is 2.29. The van der Waals surface area contributed by atoms with E-state index in [9.17, 15) is 0 Å². The molecule has 0 N–H and O–H groups in total. The van der Waals surface area contributed by atoms with Crippen molar-refractivity contribution in [3.05, 3.63) is 34.9 Å². The molecule has 0 aromatic heterocycles. The molecule has 0 aliphatic rings. The molecule has 0 aliphatic carbocycles. The summed E-state index contributed by atoms with van der Waals surface area (Å²) in [7, 11) is 0. The predicted octanol–water partition coefficient (Wildman–Crippen LogP) is 4.86. The molecule has 0 aliphatic heterocycles. The maximum absolute atomic E-state index is 5.66. The Kier molecular flexibility index (Phi) is 5.70. The Hall–Kier alpha value is -0.820. The van der Waals surface area contributed by atoms with Crippen molar-refractivity contribution in [3.8, 4) is 0 Å². The van der Waals surface area contributed by atoms with Gasteiger partial charge in [-0.1, -0.05) is 52.8 Å². The van der Waals surface area contributed by atoms with Gasteiger partial charge in [0.2, 0.25) is 0 Å². The van der Waals surface area contributed by atoms with Crippen molar-refractivity contribution >= 4 is 0 Å². The summed E-state index contributed by atoms with van der Waals surface area (Å²) in [6.45, 7) is 12.7. The lowest BCUT2D eigenvalue weighted by Crippen LogP contribution is -2.02. The van der Waals surface area contributed by atoms with Gasteiger partial charge in [0, 0.05) is 6.61 Å². The number of ether oxygens (including phenoxy) is 1. The molecule has 1 aromatic carbocycles. The number of hydrogen-bond acceptors (Lipinski definition) is 1. The lowest BCUT2D eigenvalue weighted by molar-refractivity contribution is 0.121. The standard InChI is InChI=1S/C16H26O/c1-6-9-17-11-15-8-7-14(12(2)3)10-16(15)13(4)5/h7-8,10,12-13H,6,9,11H2,1-5H3. The number of rotatable bonds is 6. The first-order valence-electron chi connectivity index (χ1n) is 6.76. The van der Waals surface area contributed by atoms with Crippen LogP contribution >= 0.6 is 0 Å². The Morgan fingerprint density at radius 1 is 1.06 bits per heavy atom. The molecule has 1 aromatic rings. The minimum absolute atomic E-state index is 0.564. The second-order valence-corrected chi connectivity index (χ2v) is 5.32. The quantitative estimate of drug-likeness (QED) is 0.639. The molecule has 1 nitrogen and oxygen atoms in total. The minimum Gasteiger partial charge on any atom is -0.377 e. The van der Waals surface area contributed by atoms with E-state index >= 15 is 0 Å². The van der Waals surface area contributed by atoms with E-state index in [4.69, 9.17) is 4.74 Å². The van der Waals surface area contributed by atoms with Gasteiger partial charge in [-0.3, -0.25) is 0 Å². The smallest absolute Gasteiger partial charge is 0.0719 e. The first-order valence-corrected chi connectivity index (χ1v) is 6.76. The fourth-order valence-corrected chi connectivity index (χ4v) is 1.97. The Bertz CT molecular complexity index is 339. The van der Waals surface area contributed by atoms with Gasteiger partial charge in [0.25, 0.3) is 0 Å². The highest BCUT2D eigenvalue weighted by molar-refractivity contribution is 5.35. The van der Waals surface area contributed by atoms with Crippen LogP contribution in [0, 0.1) is 0 Å². The van der Waals surface area contributed by atoms with Crippen molar-refractivity contribution in [1.29, 1.82) is 0 Å². The summed E-state index contributed by atoms with van der Waals surface area (Å²) in [5.41, 5.74) is 4.21. The Morgan fingerprint density at radius 3 is 2.29 bits per heavy atom. The zero-order valence-electron chi connectivity index (χ0n) is 11.9. The van der Waals surface area contributed by atoms with Gasteiger partial charge in [0.15, 0.2) is 0 Å². The van der Waals surface area contributed by atoms with E-state index in [1.807, 2.05) is 0 Å². The van der Waals surface area contributed by atoms with Gasteiger partial charge >= 0.3 is 0 Å². The molecule has 0 amide bonds. The highest BCUT2D eigenvalue weighted by atomic mass is 16.5. The summed E-state index contributed by atoms with van der Waals surface area (Å²) in [6.07, 6.45) is 1.08. The van der Waals surface area contributed by atoms with Crippen LogP contribution in [-0.4, -0.2) is 6.61 Å². The molecule has 0 heterocycles. The highest BCUT2D eigenvalue weighted by Crippen LogP contribution is 2.25. The third-order valence-corrected chi connectivity index (χ3v) is 3.06. The molecule has 0 unspecified atom stereocenters. The van der Waals surface area contributed by atoms with Crippen LogP contribution in [-0.2, 0) is 11.3 Å². The fraction of sp³-hybridized carbons (Fsp3) is 0.625. The molecule has 0 atom stereocenters. The summed E-state index contributed by atoms with van der Waals surface area (Å²) in [6, 6.07) is 6.82. The average molecular weight is 234 g/mol. The van der Waals surface area contributed by atoms with Crippen LogP contribution < -0.4 is 0 Å². The summed E-state index contributed by atoms with van der Waals surface area (Å²) < 4.78 is 5.66. The zero-order chi connectivity index (χ0) is 12.8. The van der Waals surface area contributed by atoms with Crippen molar-refractivity contribution in [1.82, 2.24) is 0 Å². The van der Waals surface area contributed by atoms with E-state index in [0.29, 0.717) is 11.8 Å². The van der Waals surface area contributed by atoms with Crippen LogP contribution in [0.5, 0.6) is 0 Å². The van der Waals surface area contributed by atoms with Gasteiger partial charge in [-0.15, -0.1) is 0 Å². The van der Waals surface area contributed by atoms with E-state index in [1.165, 1.54) is 16.7 Å². The highest BCUT2D eigenvalue weighted by Gasteiger charge is 2.09. The summed E-state index contributed by atoms with van der Waals surface area (Å²) >= 11 is 0. The number of hydrogen-bond donors (Lipinski definition) is 0. The Morgan fingerprint density at radius 2 is 1.76 bits per heavy atom. The van der Waals surface area contributed by atoms with Crippen LogP contribution in [0.15, 0.2) is 18.2 Å². The van der Waals surface area contributed by atoms with Gasteiger partial charge in [-0.2, -0.15) is 0 Å². The van der Waals surface area contributed by atoms with Gasteiger partial charge in [0.05, 0.1) is 6.61 Å². The maximum Gasteiger partial charge on any atom is 0.0719 e. The van der Waals surface area contributed by atoms with Gasteiger partial charge in [0.1, 0.15) is 0 Å². The molecule has 0 fully saturated rings. The first-order chi connectivity index (χ1) is 8.06. The molecular formula is C16H26O. The molecule has 1 rings (SSSR count). The predicted molar refractivity (Wildman–Crippen MR) is 74.6 cm³/mol. The molecule has 0 saturated heterocycles. The maximum atomic E-state index is 5.66. The van der Waals surface area contributed by atoms with E-state index in [1.54, 1.807) is 0 Å². The van der Waals surface area contributed by atoms with Gasteiger partial charge < -0.3 is 4.74 Å². The summed E-state index contributed by atoms with van der Waals surface area (Å²) in [5.74, 6) is 1.16. The van der Waals surface area contributed by atoms with Crippen molar-refractivity contribution in [2.45, 2.75) is 59.5 Å². The Balaban J connectivity index is 2.88.